The molecule has 1 aliphatic heterocycles. The minimum absolute atomic E-state index is 0.0983. The van der Waals surface area contributed by atoms with Crippen LogP contribution in [0.5, 0.6) is 0 Å². The molecule has 2 aromatic rings. The highest BCUT2D eigenvalue weighted by Gasteiger charge is 2.44. The predicted octanol–water partition coefficient (Wildman–Crippen LogP) is 2.92. The van der Waals surface area contributed by atoms with Crippen LogP contribution in [0.1, 0.15) is 39.2 Å². The lowest BCUT2D eigenvalue weighted by Crippen LogP contribution is -2.55. The summed E-state index contributed by atoms with van der Waals surface area (Å²) < 4.78 is 1.84. The monoisotopic (exact) mass is 340 g/mol. The van der Waals surface area contributed by atoms with Crippen LogP contribution in [0.25, 0.3) is 0 Å². The third kappa shape index (κ3) is 3.33. The van der Waals surface area contributed by atoms with Crippen molar-refractivity contribution < 1.29 is 4.79 Å². The molecule has 0 atom stereocenters. The fraction of sp³-hybridized carbons (Fsp3) is 0.500. The number of likely N-dealkylation sites (N-methyl/N-ethyl adjacent to an activating group) is 1. The van der Waals surface area contributed by atoms with Gasteiger partial charge in [0.05, 0.1) is 0 Å². The number of rotatable bonds is 3. The molecule has 1 N–H and O–H groups in total. The van der Waals surface area contributed by atoms with Crippen molar-refractivity contribution in [3.05, 3.63) is 48.3 Å². The van der Waals surface area contributed by atoms with E-state index >= 15 is 0 Å². The van der Waals surface area contributed by atoms with Crippen LogP contribution >= 0.6 is 0 Å². The average Bonchev–Trinajstić information content (AvgIpc) is 3.15. The zero-order valence-electron chi connectivity index (χ0n) is 15.6. The van der Waals surface area contributed by atoms with E-state index in [1.54, 1.807) is 11.1 Å². The third-order valence-corrected chi connectivity index (χ3v) is 5.20. The van der Waals surface area contributed by atoms with E-state index < -0.39 is 5.54 Å². The van der Waals surface area contributed by atoms with Gasteiger partial charge in [-0.1, -0.05) is 32.9 Å². The van der Waals surface area contributed by atoms with Crippen molar-refractivity contribution in [1.82, 2.24) is 15.1 Å². The Bertz CT molecular complexity index is 707. The second-order valence-electron chi connectivity index (χ2n) is 7.89. The summed E-state index contributed by atoms with van der Waals surface area (Å²) in [6, 6.07) is 10.2. The number of piperidine rings is 1. The normalized spacial score (nSPS) is 17.3. The van der Waals surface area contributed by atoms with Crippen LogP contribution < -0.4 is 10.2 Å². The molecule has 1 aromatic heterocycles. The van der Waals surface area contributed by atoms with E-state index in [0.717, 1.165) is 31.6 Å². The van der Waals surface area contributed by atoms with E-state index in [2.05, 4.69) is 43.3 Å². The highest BCUT2D eigenvalue weighted by Crippen LogP contribution is 2.31. The number of carbonyl (C=O) groups is 1. The topological polar surface area (TPSA) is 50.2 Å². The summed E-state index contributed by atoms with van der Waals surface area (Å²) in [5.41, 5.74) is 1.68. The van der Waals surface area contributed by atoms with Crippen LogP contribution in [0.15, 0.2) is 42.7 Å². The number of amides is 1. The zero-order valence-corrected chi connectivity index (χ0v) is 15.6. The van der Waals surface area contributed by atoms with Gasteiger partial charge in [0.1, 0.15) is 5.54 Å². The molecule has 3 rings (SSSR count). The van der Waals surface area contributed by atoms with Crippen molar-refractivity contribution in [2.45, 2.75) is 44.6 Å². The molecule has 2 heterocycles. The number of hydrogen-bond acceptors (Lipinski definition) is 3. The average molecular weight is 340 g/mol. The summed E-state index contributed by atoms with van der Waals surface area (Å²) in [4.78, 5) is 15.2. The quantitative estimate of drug-likeness (QED) is 0.935. The van der Waals surface area contributed by atoms with Crippen LogP contribution in [0.3, 0.4) is 0 Å². The van der Waals surface area contributed by atoms with Crippen LogP contribution in [0, 0.1) is 0 Å². The van der Waals surface area contributed by atoms with Crippen molar-refractivity contribution in [3.63, 3.8) is 0 Å². The molecule has 1 amide bonds. The van der Waals surface area contributed by atoms with Crippen molar-refractivity contribution in [3.8, 4) is 0 Å². The summed E-state index contributed by atoms with van der Waals surface area (Å²) in [6.07, 6.45) is 5.14. The molecule has 1 saturated heterocycles. The molecule has 0 saturated carbocycles. The molecule has 5 nitrogen and oxygen atoms in total. The Morgan fingerprint density at radius 2 is 1.84 bits per heavy atom. The minimum Gasteiger partial charge on any atom is -0.317 e. The molecule has 0 unspecified atom stereocenters. The fourth-order valence-electron chi connectivity index (χ4n) is 3.52. The maximum absolute atomic E-state index is 13.4. The van der Waals surface area contributed by atoms with E-state index in [-0.39, 0.29) is 11.3 Å². The molecule has 0 radical (unpaired) electrons. The molecule has 1 aliphatic rings. The second-order valence-corrected chi connectivity index (χ2v) is 7.89. The van der Waals surface area contributed by atoms with Crippen LogP contribution in [0.2, 0.25) is 0 Å². The number of anilines is 1. The van der Waals surface area contributed by atoms with Gasteiger partial charge in [-0.15, -0.1) is 0 Å². The molecule has 5 heteroatoms. The van der Waals surface area contributed by atoms with Crippen molar-refractivity contribution >= 4 is 11.6 Å². The van der Waals surface area contributed by atoms with E-state index in [4.69, 9.17) is 0 Å². The van der Waals surface area contributed by atoms with Gasteiger partial charge in [-0.3, -0.25) is 9.48 Å². The summed E-state index contributed by atoms with van der Waals surface area (Å²) in [7, 11) is 1.86. The molecule has 0 aliphatic carbocycles. The Labute approximate surface area is 150 Å². The Kier molecular flexibility index (Phi) is 4.69. The Morgan fingerprint density at radius 3 is 2.36 bits per heavy atom. The van der Waals surface area contributed by atoms with Crippen molar-refractivity contribution in [1.29, 1.82) is 0 Å². The highest BCUT2D eigenvalue weighted by molar-refractivity contribution is 5.98. The van der Waals surface area contributed by atoms with Crippen LogP contribution in [0.4, 0.5) is 5.69 Å². The maximum atomic E-state index is 13.4. The number of carbonyl (C=O) groups excluding carboxylic acids is 1. The van der Waals surface area contributed by atoms with Gasteiger partial charge >= 0.3 is 0 Å². The highest BCUT2D eigenvalue weighted by atomic mass is 16.2. The molecule has 0 bridgehead atoms. The van der Waals surface area contributed by atoms with Gasteiger partial charge in [0.2, 0.25) is 0 Å². The summed E-state index contributed by atoms with van der Waals surface area (Å²) >= 11 is 0. The van der Waals surface area contributed by atoms with Gasteiger partial charge in [-0.25, -0.2) is 0 Å². The van der Waals surface area contributed by atoms with Gasteiger partial charge < -0.3 is 10.2 Å². The predicted molar refractivity (Wildman–Crippen MR) is 101 cm³/mol. The first kappa shape index (κ1) is 17.7. The van der Waals surface area contributed by atoms with Crippen molar-refractivity contribution in [2.75, 3.05) is 25.0 Å². The third-order valence-electron chi connectivity index (χ3n) is 5.20. The molecular formula is C20H28N4O. The number of hydrogen-bond donors (Lipinski definition) is 1. The van der Waals surface area contributed by atoms with Gasteiger partial charge in [-0.2, -0.15) is 5.10 Å². The first-order valence-electron chi connectivity index (χ1n) is 8.94. The number of aromatic nitrogens is 2. The summed E-state index contributed by atoms with van der Waals surface area (Å²) in [5, 5.41) is 7.74. The van der Waals surface area contributed by atoms with Crippen LogP contribution in [-0.2, 0) is 15.7 Å². The van der Waals surface area contributed by atoms with Gasteiger partial charge in [0.25, 0.3) is 5.91 Å². The molecule has 134 valence electrons. The summed E-state index contributed by atoms with van der Waals surface area (Å²) in [6.45, 7) is 8.22. The molecular weight excluding hydrogens is 312 g/mol. The number of benzene rings is 1. The molecule has 0 spiro atoms. The van der Waals surface area contributed by atoms with Gasteiger partial charge in [-0.05, 0) is 55.1 Å². The van der Waals surface area contributed by atoms with Crippen LogP contribution in [-0.4, -0.2) is 35.8 Å². The Balaban J connectivity index is 1.89. The maximum Gasteiger partial charge on any atom is 0.254 e. The first-order valence-corrected chi connectivity index (χ1v) is 8.94. The smallest absolute Gasteiger partial charge is 0.254 e. The standard InChI is InChI=1S/C20H28N4O/c1-19(2,3)16-6-8-17(9-7-16)23(4)18(25)20(10-13-21-14-11-20)24-15-5-12-22-24/h5-9,12,15,21H,10-11,13-14H2,1-4H3. The first-order chi connectivity index (χ1) is 11.8. The molecule has 25 heavy (non-hydrogen) atoms. The number of nitrogens with zero attached hydrogens (tertiary/aromatic N) is 3. The van der Waals surface area contributed by atoms with Gasteiger partial charge in [0, 0.05) is 25.1 Å². The van der Waals surface area contributed by atoms with E-state index in [1.165, 1.54) is 5.56 Å². The SMILES string of the molecule is CN(C(=O)C1(n2cccn2)CCNCC1)c1ccc(C(C)(C)C)cc1. The minimum atomic E-state index is -0.605. The van der Waals surface area contributed by atoms with E-state index in [9.17, 15) is 4.79 Å². The fourth-order valence-corrected chi connectivity index (χ4v) is 3.52. The summed E-state index contributed by atoms with van der Waals surface area (Å²) in [5.74, 6) is 0.0983. The van der Waals surface area contributed by atoms with Crippen molar-refractivity contribution in [2.24, 2.45) is 0 Å². The molecule has 1 aromatic carbocycles. The lowest BCUT2D eigenvalue weighted by molar-refractivity contribution is -0.128. The largest absolute Gasteiger partial charge is 0.317 e. The van der Waals surface area contributed by atoms with E-state index in [0.29, 0.717) is 0 Å². The van der Waals surface area contributed by atoms with E-state index in [1.807, 2.05) is 36.1 Å². The number of nitrogens with one attached hydrogen (secondary N) is 1. The lowest BCUT2D eigenvalue weighted by atomic mass is 9.86. The lowest BCUT2D eigenvalue weighted by Gasteiger charge is -2.39. The second kappa shape index (κ2) is 6.64. The van der Waals surface area contributed by atoms with Gasteiger partial charge in [0.15, 0.2) is 0 Å². The molecule has 1 fully saturated rings. The zero-order chi connectivity index (χ0) is 18.1. The Morgan fingerprint density at radius 1 is 1.20 bits per heavy atom. The Hall–Kier alpha value is -2.14.